The molecular formula is C9H6N4. The van der Waals surface area contributed by atoms with Crippen LogP contribution in [0, 0.1) is 0 Å². The Labute approximate surface area is 73.6 Å². The Morgan fingerprint density at radius 3 is 2.92 bits per heavy atom. The molecule has 3 rings (SSSR count). The fourth-order valence-corrected chi connectivity index (χ4v) is 1.45. The summed E-state index contributed by atoms with van der Waals surface area (Å²) >= 11 is 0. The molecule has 62 valence electrons. The van der Waals surface area contributed by atoms with E-state index in [-0.39, 0.29) is 0 Å². The molecule has 0 aliphatic carbocycles. The zero-order valence-electron chi connectivity index (χ0n) is 6.73. The van der Waals surface area contributed by atoms with E-state index in [0.29, 0.717) is 0 Å². The van der Waals surface area contributed by atoms with E-state index in [9.17, 15) is 0 Å². The van der Waals surface area contributed by atoms with Gasteiger partial charge in [-0.25, -0.2) is 0 Å². The van der Waals surface area contributed by atoms with Gasteiger partial charge in [-0.2, -0.15) is 5.10 Å². The van der Waals surface area contributed by atoms with Crippen molar-refractivity contribution in [2.45, 2.75) is 0 Å². The smallest absolute Gasteiger partial charge is 0.178 e. The SMILES string of the molecule is c1ccc2c(c1)nnc1[nH]ncc12. The fourth-order valence-electron chi connectivity index (χ4n) is 1.45. The van der Waals surface area contributed by atoms with Gasteiger partial charge < -0.3 is 0 Å². The van der Waals surface area contributed by atoms with Gasteiger partial charge in [0.15, 0.2) is 5.65 Å². The molecule has 0 bridgehead atoms. The van der Waals surface area contributed by atoms with Gasteiger partial charge in [-0.15, -0.1) is 10.2 Å². The van der Waals surface area contributed by atoms with Crippen LogP contribution in [0.5, 0.6) is 0 Å². The van der Waals surface area contributed by atoms with Crippen LogP contribution < -0.4 is 0 Å². The van der Waals surface area contributed by atoms with Gasteiger partial charge in [0.1, 0.15) is 0 Å². The Morgan fingerprint density at radius 2 is 1.92 bits per heavy atom. The first-order chi connectivity index (χ1) is 6.45. The van der Waals surface area contributed by atoms with Crippen molar-refractivity contribution in [3.8, 4) is 0 Å². The number of nitrogens with one attached hydrogen (secondary N) is 1. The second-order valence-corrected chi connectivity index (χ2v) is 2.85. The number of aromatic nitrogens is 4. The molecule has 0 atom stereocenters. The van der Waals surface area contributed by atoms with E-state index >= 15 is 0 Å². The van der Waals surface area contributed by atoms with E-state index in [1.807, 2.05) is 24.3 Å². The molecule has 0 saturated carbocycles. The summed E-state index contributed by atoms with van der Waals surface area (Å²) in [5, 5.41) is 16.9. The molecule has 0 amide bonds. The van der Waals surface area contributed by atoms with Gasteiger partial charge in [0, 0.05) is 5.39 Å². The van der Waals surface area contributed by atoms with Crippen molar-refractivity contribution in [3.63, 3.8) is 0 Å². The van der Waals surface area contributed by atoms with Gasteiger partial charge in [-0.05, 0) is 6.07 Å². The van der Waals surface area contributed by atoms with Crippen LogP contribution in [-0.2, 0) is 0 Å². The number of hydrogen-bond acceptors (Lipinski definition) is 3. The van der Waals surface area contributed by atoms with Gasteiger partial charge in [0.05, 0.1) is 17.1 Å². The van der Waals surface area contributed by atoms with E-state index in [2.05, 4.69) is 20.4 Å². The summed E-state index contributed by atoms with van der Waals surface area (Å²) in [6.45, 7) is 0. The van der Waals surface area contributed by atoms with Crippen LogP contribution >= 0.6 is 0 Å². The van der Waals surface area contributed by atoms with Gasteiger partial charge in [-0.3, -0.25) is 5.10 Å². The average Bonchev–Trinajstić information content (AvgIpc) is 2.65. The molecule has 0 radical (unpaired) electrons. The minimum atomic E-state index is 0.735. The van der Waals surface area contributed by atoms with E-state index in [0.717, 1.165) is 21.9 Å². The van der Waals surface area contributed by atoms with Crippen molar-refractivity contribution in [1.82, 2.24) is 20.4 Å². The second kappa shape index (κ2) is 2.26. The third-order valence-corrected chi connectivity index (χ3v) is 2.07. The summed E-state index contributed by atoms with van der Waals surface area (Å²) in [4.78, 5) is 0. The Kier molecular flexibility index (Phi) is 1.14. The fraction of sp³-hybridized carbons (Fsp3) is 0. The summed E-state index contributed by atoms with van der Waals surface area (Å²) in [6.07, 6.45) is 1.77. The molecular weight excluding hydrogens is 164 g/mol. The number of aromatic amines is 1. The van der Waals surface area contributed by atoms with Gasteiger partial charge in [0.2, 0.25) is 0 Å². The summed E-state index contributed by atoms with van der Waals surface area (Å²) in [7, 11) is 0. The van der Waals surface area contributed by atoms with Crippen molar-refractivity contribution in [2.75, 3.05) is 0 Å². The third kappa shape index (κ3) is 0.823. The Bertz CT molecular complexity index is 570. The van der Waals surface area contributed by atoms with E-state index in [1.165, 1.54) is 0 Å². The van der Waals surface area contributed by atoms with Gasteiger partial charge in [-0.1, -0.05) is 18.2 Å². The maximum Gasteiger partial charge on any atom is 0.178 e. The van der Waals surface area contributed by atoms with Crippen LogP contribution in [0.25, 0.3) is 21.9 Å². The van der Waals surface area contributed by atoms with Crippen LogP contribution in [0.4, 0.5) is 0 Å². The van der Waals surface area contributed by atoms with Crippen LogP contribution in [0.3, 0.4) is 0 Å². The maximum atomic E-state index is 4.06. The average molecular weight is 170 g/mol. The lowest BCUT2D eigenvalue weighted by Gasteiger charge is -1.94. The van der Waals surface area contributed by atoms with Crippen LogP contribution in [-0.4, -0.2) is 20.4 Å². The van der Waals surface area contributed by atoms with Gasteiger partial charge >= 0.3 is 0 Å². The van der Waals surface area contributed by atoms with E-state index in [4.69, 9.17) is 0 Å². The predicted octanol–water partition coefficient (Wildman–Crippen LogP) is 1.51. The molecule has 13 heavy (non-hydrogen) atoms. The van der Waals surface area contributed by atoms with Crippen molar-refractivity contribution in [3.05, 3.63) is 30.5 Å². The molecule has 1 N–H and O–H groups in total. The normalized spacial score (nSPS) is 11.1. The zero-order chi connectivity index (χ0) is 8.67. The monoisotopic (exact) mass is 170 g/mol. The second-order valence-electron chi connectivity index (χ2n) is 2.85. The third-order valence-electron chi connectivity index (χ3n) is 2.07. The summed E-state index contributed by atoms with van der Waals surface area (Å²) < 4.78 is 0. The Hall–Kier alpha value is -1.97. The number of rotatable bonds is 0. The number of benzene rings is 1. The molecule has 4 heteroatoms. The van der Waals surface area contributed by atoms with Crippen molar-refractivity contribution in [2.24, 2.45) is 0 Å². The summed E-state index contributed by atoms with van der Waals surface area (Å²) in [6, 6.07) is 7.88. The highest BCUT2D eigenvalue weighted by atomic mass is 15.2. The predicted molar refractivity (Wildman–Crippen MR) is 49.2 cm³/mol. The minimum absolute atomic E-state index is 0.735. The standard InChI is InChI=1S/C9H6N4/c1-2-4-8-6(3-1)7-5-10-12-9(7)13-11-8/h1-5H,(H,10,12,13). The molecule has 0 unspecified atom stereocenters. The van der Waals surface area contributed by atoms with E-state index < -0.39 is 0 Å². The lowest BCUT2D eigenvalue weighted by molar-refractivity contribution is 1.04. The summed E-state index contributed by atoms with van der Waals surface area (Å²) in [5.41, 5.74) is 1.63. The van der Waals surface area contributed by atoms with Crippen molar-refractivity contribution < 1.29 is 0 Å². The number of fused-ring (bicyclic) bond motifs is 3. The molecule has 4 nitrogen and oxygen atoms in total. The van der Waals surface area contributed by atoms with Crippen molar-refractivity contribution >= 4 is 21.9 Å². The van der Waals surface area contributed by atoms with Crippen LogP contribution in [0.2, 0.25) is 0 Å². The molecule has 2 aromatic heterocycles. The van der Waals surface area contributed by atoms with Crippen molar-refractivity contribution in [1.29, 1.82) is 0 Å². The highest BCUT2D eigenvalue weighted by Crippen LogP contribution is 2.18. The molecule has 2 heterocycles. The van der Waals surface area contributed by atoms with Crippen LogP contribution in [0.1, 0.15) is 0 Å². The lowest BCUT2D eigenvalue weighted by Crippen LogP contribution is -1.84. The first-order valence-corrected chi connectivity index (χ1v) is 4.00. The number of hydrogen-bond donors (Lipinski definition) is 1. The molecule has 0 saturated heterocycles. The molecule has 0 aliphatic rings. The first kappa shape index (κ1) is 6.54. The maximum absolute atomic E-state index is 4.06. The van der Waals surface area contributed by atoms with Gasteiger partial charge in [0.25, 0.3) is 0 Å². The number of H-pyrrole nitrogens is 1. The van der Waals surface area contributed by atoms with E-state index in [1.54, 1.807) is 6.20 Å². The molecule has 0 aliphatic heterocycles. The zero-order valence-corrected chi connectivity index (χ0v) is 6.73. The highest BCUT2D eigenvalue weighted by molar-refractivity contribution is 6.01. The summed E-state index contributed by atoms with van der Waals surface area (Å²) in [5.74, 6) is 0. The molecule has 0 spiro atoms. The topological polar surface area (TPSA) is 54.5 Å². The Balaban J connectivity index is 2.65. The largest absolute Gasteiger partial charge is 0.259 e. The minimum Gasteiger partial charge on any atom is -0.259 e. The van der Waals surface area contributed by atoms with Crippen LogP contribution in [0.15, 0.2) is 30.5 Å². The highest BCUT2D eigenvalue weighted by Gasteiger charge is 2.02. The molecule has 0 fully saturated rings. The molecule has 3 aromatic rings. The first-order valence-electron chi connectivity index (χ1n) is 4.00. The number of nitrogens with zero attached hydrogens (tertiary/aromatic N) is 3. The molecule has 1 aromatic carbocycles. The lowest BCUT2D eigenvalue weighted by atomic mass is 10.2. The quantitative estimate of drug-likeness (QED) is 0.556. The Morgan fingerprint density at radius 1 is 1.00 bits per heavy atom.